The highest BCUT2D eigenvalue weighted by Gasteiger charge is 2.34. The quantitative estimate of drug-likeness (QED) is 0.699. The van der Waals surface area contributed by atoms with E-state index in [1.165, 1.54) is 5.56 Å². The van der Waals surface area contributed by atoms with E-state index in [-0.39, 0.29) is 0 Å². The molecule has 15 heavy (non-hydrogen) atoms. The van der Waals surface area contributed by atoms with Crippen LogP contribution in [0.5, 0.6) is 0 Å². The van der Waals surface area contributed by atoms with Crippen LogP contribution in [0.1, 0.15) is 24.0 Å². The van der Waals surface area contributed by atoms with Crippen molar-refractivity contribution in [1.82, 2.24) is 0 Å². The van der Waals surface area contributed by atoms with Gasteiger partial charge < -0.3 is 4.74 Å². The molecule has 0 amide bonds. The van der Waals surface area contributed by atoms with Crippen molar-refractivity contribution in [3.63, 3.8) is 0 Å². The number of hydrogen-bond donors (Lipinski definition) is 0. The molecule has 0 N–H and O–H groups in total. The van der Waals surface area contributed by atoms with Crippen molar-refractivity contribution >= 4 is 0 Å². The van der Waals surface area contributed by atoms with Crippen molar-refractivity contribution in [2.75, 3.05) is 13.2 Å². The molecular weight excluding hydrogens is 186 g/mol. The van der Waals surface area contributed by atoms with Crippen LogP contribution in [0, 0.1) is 18.3 Å². The van der Waals surface area contributed by atoms with Crippen LogP contribution in [0.15, 0.2) is 24.3 Å². The summed E-state index contributed by atoms with van der Waals surface area (Å²) in [5.41, 5.74) is 1.89. The minimum atomic E-state index is -0.412. The molecule has 1 aliphatic rings. The Labute approximate surface area is 90.5 Å². The van der Waals surface area contributed by atoms with Gasteiger partial charge in [-0.2, -0.15) is 5.26 Å². The zero-order valence-corrected chi connectivity index (χ0v) is 8.99. The average molecular weight is 201 g/mol. The highest BCUT2D eigenvalue weighted by molar-refractivity contribution is 5.35. The number of benzene rings is 1. The summed E-state index contributed by atoms with van der Waals surface area (Å²) in [7, 11) is 0. The molecule has 0 aliphatic carbocycles. The molecule has 2 nitrogen and oxygen atoms in total. The topological polar surface area (TPSA) is 33.0 Å². The smallest absolute Gasteiger partial charge is 0.106 e. The standard InChI is InChI=1S/C13H15NO/c1-11-4-2-5-12(8-11)13(9-14)6-3-7-15-10-13/h2,4-5,8H,3,6-7,10H2,1H3/t13-/m0/s1. The minimum Gasteiger partial charge on any atom is -0.379 e. The molecule has 2 rings (SSSR count). The first kappa shape index (κ1) is 10.2. The summed E-state index contributed by atoms with van der Waals surface area (Å²) in [6, 6.07) is 10.6. The molecule has 1 saturated heterocycles. The van der Waals surface area contributed by atoms with Gasteiger partial charge in [0, 0.05) is 6.61 Å². The van der Waals surface area contributed by atoms with Crippen molar-refractivity contribution in [3.8, 4) is 6.07 Å². The SMILES string of the molecule is Cc1cccc([C@]2(C#N)CCCOC2)c1. The molecule has 0 saturated carbocycles. The molecule has 78 valence electrons. The fourth-order valence-electron chi connectivity index (χ4n) is 2.12. The summed E-state index contributed by atoms with van der Waals surface area (Å²) in [6.07, 6.45) is 1.88. The summed E-state index contributed by atoms with van der Waals surface area (Å²) in [6.45, 7) is 3.38. The van der Waals surface area contributed by atoms with Crippen molar-refractivity contribution in [3.05, 3.63) is 35.4 Å². The second-order valence-electron chi connectivity index (χ2n) is 4.22. The maximum atomic E-state index is 9.36. The van der Waals surface area contributed by atoms with Gasteiger partial charge in [-0.15, -0.1) is 0 Å². The number of aryl methyl sites for hydroxylation is 1. The third-order valence-electron chi connectivity index (χ3n) is 3.03. The zero-order chi connectivity index (χ0) is 10.7. The van der Waals surface area contributed by atoms with Gasteiger partial charge in [0.1, 0.15) is 5.41 Å². The number of rotatable bonds is 1. The van der Waals surface area contributed by atoms with E-state index in [2.05, 4.69) is 25.1 Å². The van der Waals surface area contributed by atoms with Gasteiger partial charge in [-0.1, -0.05) is 29.8 Å². The van der Waals surface area contributed by atoms with E-state index in [1.807, 2.05) is 12.1 Å². The van der Waals surface area contributed by atoms with Crippen LogP contribution < -0.4 is 0 Å². The highest BCUT2D eigenvalue weighted by atomic mass is 16.5. The Morgan fingerprint density at radius 2 is 2.33 bits per heavy atom. The second kappa shape index (κ2) is 4.04. The van der Waals surface area contributed by atoms with Gasteiger partial charge in [-0.25, -0.2) is 0 Å². The molecular formula is C13H15NO. The molecule has 0 aromatic heterocycles. The Morgan fingerprint density at radius 1 is 1.47 bits per heavy atom. The summed E-state index contributed by atoms with van der Waals surface area (Å²) in [5, 5.41) is 9.36. The van der Waals surface area contributed by atoms with Gasteiger partial charge >= 0.3 is 0 Å². The van der Waals surface area contributed by atoms with Crippen LogP contribution in [0.2, 0.25) is 0 Å². The third-order valence-corrected chi connectivity index (χ3v) is 3.03. The monoisotopic (exact) mass is 201 g/mol. The van der Waals surface area contributed by atoms with E-state index in [9.17, 15) is 5.26 Å². The van der Waals surface area contributed by atoms with Crippen LogP contribution in [0.3, 0.4) is 0 Å². The maximum absolute atomic E-state index is 9.36. The first-order valence-corrected chi connectivity index (χ1v) is 5.33. The van der Waals surface area contributed by atoms with Crippen LogP contribution in [-0.4, -0.2) is 13.2 Å². The number of nitriles is 1. The molecule has 1 atom stereocenters. The molecule has 0 radical (unpaired) electrons. The Morgan fingerprint density at radius 3 is 2.93 bits per heavy atom. The lowest BCUT2D eigenvalue weighted by atomic mass is 9.77. The Bertz CT molecular complexity index is 386. The van der Waals surface area contributed by atoms with Gasteiger partial charge in [0.25, 0.3) is 0 Å². The Hall–Kier alpha value is -1.33. The van der Waals surface area contributed by atoms with Gasteiger partial charge in [-0.05, 0) is 25.3 Å². The van der Waals surface area contributed by atoms with Crippen LogP contribution >= 0.6 is 0 Å². The molecule has 2 heteroatoms. The van der Waals surface area contributed by atoms with E-state index < -0.39 is 5.41 Å². The second-order valence-corrected chi connectivity index (χ2v) is 4.22. The first-order chi connectivity index (χ1) is 7.27. The fourth-order valence-corrected chi connectivity index (χ4v) is 2.12. The van der Waals surface area contributed by atoms with Crippen LogP contribution in [-0.2, 0) is 10.2 Å². The molecule has 0 spiro atoms. The predicted molar refractivity (Wildman–Crippen MR) is 58.5 cm³/mol. The average Bonchev–Trinajstić information content (AvgIpc) is 2.30. The van der Waals surface area contributed by atoms with Crippen molar-refractivity contribution in [1.29, 1.82) is 5.26 Å². The maximum Gasteiger partial charge on any atom is 0.106 e. The van der Waals surface area contributed by atoms with Crippen LogP contribution in [0.4, 0.5) is 0 Å². The first-order valence-electron chi connectivity index (χ1n) is 5.33. The highest BCUT2D eigenvalue weighted by Crippen LogP contribution is 2.32. The van der Waals surface area contributed by atoms with E-state index in [0.29, 0.717) is 6.61 Å². The summed E-state index contributed by atoms with van der Waals surface area (Å²) in [5.74, 6) is 0. The minimum absolute atomic E-state index is 0.412. The Balaban J connectivity index is 2.37. The van der Waals surface area contributed by atoms with E-state index in [1.54, 1.807) is 0 Å². The lowest BCUT2D eigenvalue weighted by Gasteiger charge is -2.31. The van der Waals surface area contributed by atoms with Gasteiger partial charge in [0.15, 0.2) is 0 Å². The van der Waals surface area contributed by atoms with Gasteiger partial charge in [-0.3, -0.25) is 0 Å². The fraction of sp³-hybridized carbons (Fsp3) is 0.462. The number of nitrogens with zero attached hydrogens (tertiary/aromatic N) is 1. The molecule has 1 aromatic carbocycles. The molecule has 1 aromatic rings. The molecule has 0 bridgehead atoms. The zero-order valence-electron chi connectivity index (χ0n) is 8.99. The molecule has 1 aliphatic heterocycles. The van der Waals surface area contributed by atoms with E-state index >= 15 is 0 Å². The largest absolute Gasteiger partial charge is 0.379 e. The predicted octanol–water partition coefficient (Wildman–Crippen LogP) is 2.57. The van der Waals surface area contributed by atoms with Crippen LogP contribution in [0.25, 0.3) is 0 Å². The lowest BCUT2D eigenvalue weighted by molar-refractivity contribution is 0.0563. The molecule has 0 unspecified atom stereocenters. The molecule has 1 heterocycles. The molecule has 1 fully saturated rings. The van der Waals surface area contributed by atoms with Crippen molar-refractivity contribution in [2.45, 2.75) is 25.2 Å². The summed E-state index contributed by atoms with van der Waals surface area (Å²) < 4.78 is 5.45. The van der Waals surface area contributed by atoms with E-state index in [4.69, 9.17) is 4.74 Å². The number of ether oxygens (including phenoxy) is 1. The van der Waals surface area contributed by atoms with E-state index in [0.717, 1.165) is 25.0 Å². The van der Waals surface area contributed by atoms with Gasteiger partial charge in [0.05, 0.1) is 12.7 Å². The lowest BCUT2D eigenvalue weighted by Crippen LogP contribution is -2.34. The van der Waals surface area contributed by atoms with Crippen molar-refractivity contribution < 1.29 is 4.74 Å². The van der Waals surface area contributed by atoms with Gasteiger partial charge in [0.2, 0.25) is 0 Å². The summed E-state index contributed by atoms with van der Waals surface area (Å²) >= 11 is 0. The van der Waals surface area contributed by atoms with Crippen molar-refractivity contribution in [2.24, 2.45) is 0 Å². The summed E-state index contributed by atoms with van der Waals surface area (Å²) in [4.78, 5) is 0. The third kappa shape index (κ3) is 1.88. The Kier molecular flexibility index (Phi) is 2.75. The number of hydrogen-bond acceptors (Lipinski definition) is 2. The normalized spacial score (nSPS) is 25.9.